The molecule has 2 aromatic carbocycles. The van der Waals surface area contributed by atoms with Crippen LogP contribution in [0, 0.1) is 5.92 Å². The fourth-order valence-corrected chi connectivity index (χ4v) is 4.69. The van der Waals surface area contributed by atoms with Crippen molar-refractivity contribution < 1.29 is 24.2 Å². The van der Waals surface area contributed by atoms with Crippen LogP contribution in [0.15, 0.2) is 48.5 Å². The number of ether oxygens (including phenoxy) is 1. The molecule has 7 heteroatoms. The van der Waals surface area contributed by atoms with E-state index in [4.69, 9.17) is 9.84 Å². The van der Waals surface area contributed by atoms with E-state index in [2.05, 4.69) is 34.9 Å². The van der Waals surface area contributed by atoms with E-state index in [1.54, 1.807) is 6.92 Å². The third kappa shape index (κ3) is 4.72. The Labute approximate surface area is 193 Å². The number of nitrogens with one attached hydrogen (secondary N) is 2. The van der Waals surface area contributed by atoms with Gasteiger partial charge in [-0.25, -0.2) is 4.79 Å². The molecule has 2 aliphatic rings. The molecule has 1 saturated carbocycles. The second-order valence-corrected chi connectivity index (χ2v) is 9.10. The Hall–Kier alpha value is -3.35. The van der Waals surface area contributed by atoms with Crippen LogP contribution in [0.3, 0.4) is 0 Å². The van der Waals surface area contributed by atoms with Crippen molar-refractivity contribution in [1.29, 1.82) is 0 Å². The highest BCUT2D eigenvalue weighted by Crippen LogP contribution is 2.44. The maximum absolute atomic E-state index is 13.0. The minimum Gasteiger partial charge on any atom is -0.481 e. The van der Waals surface area contributed by atoms with E-state index in [1.807, 2.05) is 31.2 Å². The van der Waals surface area contributed by atoms with Gasteiger partial charge in [-0.15, -0.1) is 0 Å². The molecule has 7 nitrogen and oxygen atoms in total. The van der Waals surface area contributed by atoms with Crippen molar-refractivity contribution in [2.75, 3.05) is 6.61 Å². The monoisotopic (exact) mass is 450 g/mol. The van der Waals surface area contributed by atoms with Crippen LogP contribution in [0.25, 0.3) is 11.1 Å². The predicted octanol–water partition coefficient (Wildman–Crippen LogP) is 4.06. The maximum atomic E-state index is 13.0. The van der Waals surface area contributed by atoms with E-state index in [-0.39, 0.29) is 30.8 Å². The zero-order valence-electron chi connectivity index (χ0n) is 19.0. The SMILES string of the molecule is CC[C@@H](CC(=O)O)NC(=O)C(C)(NC(=O)OCC1c2ccccc2-c2ccccc21)C1CC1. The maximum Gasteiger partial charge on any atom is 0.408 e. The zero-order chi connectivity index (χ0) is 23.6. The van der Waals surface area contributed by atoms with Crippen molar-refractivity contribution in [3.8, 4) is 11.1 Å². The van der Waals surface area contributed by atoms with E-state index >= 15 is 0 Å². The lowest BCUT2D eigenvalue weighted by Crippen LogP contribution is -2.60. The summed E-state index contributed by atoms with van der Waals surface area (Å²) >= 11 is 0. The van der Waals surface area contributed by atoms with E-state index in [0.717, 1.165) is 35.1 Å². The largest absolute Gasteiger partial charge is 0.481 e. The van der Waals surface area contributed by atoms with Crippen LogP contribution in [0.4, 0.5) is 4.79 Å². The van der Waals surface area contributed by atoms with Gasteiger partial charge in [-0.1, -0.05) is 55.5 Å². The van der Waals surface area contributed by atoms with Gasteiger partial charge in [0.05, 0.1) is 6.42 Å². The lowest BCUT2D eigenvalue weighted by atomic mass is 9.94. The number of carbonyl (C=O) groups excluding carboxylic acids is 2. The minimum atomic E-state index is -1.14. The second kappa shape index (κ2) is 9.25. The summed E-state index contributed by atoms with van der Waals surface area (Å²) in [7, 11) is 0. The summed E-state index contributed by atoms with van der Waals surface area (Å²) in [6, 6.07) is 15.7. The Kier molecular flexibility index (Phi) is 6.40. The molecule has 0 heterocycles. The molecule has 1 fully saturated rings. The molecule has 0 aliphatic heterocycles. The lowest BCUT2D eigenvalue weighted by Gasteiger charge is -2.31. The first-order valence-electron chi connectivity index (χ1n) is 11.5. The van der Waals surface area contributed by atoms with Crippen molar-refractivity contribution in [2.45, 2.75) is 57.0 Å². The molecule has 0 aromatic heterocycles. The number of aliphatic carboxylic acids is 1. The van der Waals surface area contributed by atoms with Gasteiger partial charge in [0.2, 0.25) is 5.91 Å². The van der Waals surface area contributed by atoms with Crippen LogP contribution < -0.4 is 10.6 Å². The van der Waals surface area contributed by atoms with E-state index in [9.17, 15) is 14.4 Å². The smallest absolute Gasteiger partial charge is 0.408 e. The highest BCUT2D eigenvalue weighted by atomic mass is 16.5. The molecule has 0 radical (unpaired) electrons. The Bertz CT molecular complexity index is 1020. The molecule has 4 rings (SSSR count). The van der Waals surface area contributed by atoms with Crippen molar-refractivity contribution in [3.05, 3.63) is 59.7 Å². The van der Waals surface area contributed by atoms with Gasteiger partial charge >= 0.3 is 12.1 Å². The summed E-state index contributed by atoms with van der Waals surface area (Å²) < 4.78 is 5.64. The first-order valence-corrected chi connectivity index (χ1v) is 11.5. The van der Waals surface area contributed by atoms with Crippen molar-refractivity contribution >= 4 is 18.0 Å². The van der Waals surface area contributed by atoms with Crippen LogP contribution in [0.5, 0.6) is 0 Å². The summed E-state index contributed by atoms with van der Waals surface area (Å²) in [4.78, 5) is 36.9. The number of alkyl carbamates (subject to hydrolysis) is 1. The Morgan fingerprint density at radius 1 is 1.06 bits per heavy atom. The number of rotatable bonds is 9. The number of carboxylic acid groups (broad SMARTS) is 1. The molecule has 2 aliphatic carbocycles. The van der Waals surface area contributed by atoms with Gasteiger partial charge in [-0.2, -0.15) is 0 Å². The number of fused-ring (bicyclic) bond motifs is 3. The van der Waals surface area contributed by atoms with Crippen LogP contribution in [0.1, 0.15) is 56.6 Å². The van der Waals surface area contributed by atoms with Crippen LogP contribution >= 0.6 is 0 Å². The average Bonchev–Trinajstić information content (AvgIpc) is 3.61. The Morgan fingerprint density at radius 3 is 2.15 bits per heavy atom. The van der Waals surface area contributed by atoms with Crippen LogP contribution in [0.2, 0.25) is 0 Å². The second-order valence-electron chi connectivity index (χ2n) is 9.10. The average molecular weight is 451 g/mol. The Balaban J connectivity index is 1.43. The topological polar surface area (TPSA) is 105 Å². The summed E-state index contributed by atoms with van der Waals surface area (Å²) in [6.07, 6.45) is 1.33. The van der Waals surface area contributed by atoms with Crippen LogP contribution in [-0.2, 0) is 14.3 Å². The lowest BCUT2D eigenvalue weighted by molar-refractivity contribution is -0.138. The van der Waals surface area contributed by atoms with Crippen LogP contribution in [-0.4, -0.2) is 41.3 Å². The number of carbonyl (C=O) groups is 3. The van der Waals surface area contributed by atoms with Gasteiger partial charge in [0.25, 0.3) is 0 Å². The summed E-state index contributed by atoms with van der Waals surface area (Å²) in [6.45, 7) is 3.68. The highest BCUT2D eigenvalue weighted by molar-refractivity contribution is 5.91. The molecular formula is C26H30N2O5. The fourth-order valence-electron chi connectivity index (χ4n) is 4.69. The van der Waals surface area contributed by atoms with Gasteiger partial charge < -0.3 is 20.5 Å². The molecule has 174 valence electrons. The fraction of sp³-hybridized carbons (Fsp3) is 0.423. The highest BCUT2D eigenvalue weighted by Gasteiger charge is 2.49. The van der Waals surface area contributed by atoms with E-state index in [0.29, 0.717) is 6.42 Å². The van der Waals surface area contributed by atoms with Gasteiger partial charge in [0, 0.05) is 12.0 Å². The molecule has 2 amide bonds. The molecule has 0 saturated heterocycles. The van der Waals surface area contributed by atoms with Crippen molar-refractivity contribution in [1.82, 2.24) is 10.6 Å². The number of benzene rings is 2. The van der Waals surface area contributed by atoms with E-state index < -0.39 is 23.6 Å². The number of carboxylic acids is 1. The van der Waals surface area contributed by atoms with Crippen molar-refractivity contribution in [3.63, 3.8) is 0 Å². The summed E-state index contributed by atoms with van der Waals surface area (Å²) in [5.41, 5.74) is 3.39. The summed E-state index contributed by atoms with van der Waals surface area (Å²) in [5, 5.41) is 14.7. The molecule has 2 aromatic rings. The number of hydrogen-bond acceptors (Lipinski definition) is 4. The predicted molar refractivity (Wildman–Crippen MR) is 124 cm³/mol. The molecule has 2 atom stereocenters. The minimum absolute atomic E-state index is 0.000293. The quantitative estimate of drug-likeness (QED) is 0.534. The molecule has 0 bridgehead atoms. The van der Waals surface area contributed by atoms with Gasteiger partial charge in [0.1, 0.15) is 12.1 Å². The zero-order valence-corrected chi connectivity index (χ0v) is 19.0. The van der Waals surface area contributed by atoms with Gasteiger partial charge in [-0.05, 0) is 54.4 Å². The van der Waals surface area contributed by atoms with Gasteiger partial charge in [-0.3, -0.25) is 9.59 Å². The van der Waals surface area contributed by atoms with Gasteiger partial charge in [0.15, 0.2) is 0 Å². The molecular weight excluding hydrogens is 420 g/mol. The third-order valence-corrected chi connectivity index (χ3v) is 6.82. The molecule has 33 heavy (non-hydrogen) atoms. The van der Waals surface area contributed by atoms with Crippen molar-refractivity contribution in [2.24, 2.45) is 5.92 Å². The van der Waals surface area contributed by atoms with E-state index in [1.165, 1.54) is 0 Å². The first kappa shape index (κ1) is 22.8. The summed E-state index contributed by atoms with van der Waals surface area (Å²) in [5.74, 6) is -1.41. The Morgan fingerprint density at radius 2 is 1.64 bits per heavy atom. The standard InChI is InChI=1S/C26H30N2O5/c1-3-17(14-23(29)30)27-24(31)26(2,16-12-13-16)28-25(32)33-15-22-20-10-6-4-8-18(20)19-9-5-7-11-21(19)22/h4-11,16-17,22H,3,12-15H2,1-2H3,(H,27,31)(H,28,32)(H,29,30)/t17-,26?/m0/s1. The molecule has 1 unspecified atom stereocenters. The first-order chi connectivity index (χ1) is 15.8. The number of amides is 2. The molecule has 3 N–H and O–H groups in total. The normalized spacial score (nSPS) is 17.3. The number of hydrogen-bond donors (Lipinski definition) is 3. The molecule has 0 spiro atoms. The third-order valence-electron chi connectivity index (χ3n) is 6.82.